The van der Waals surface area contributed by atoms with E-state index in [4.69, 9.17) is 4.74 Å². The van der Waals surface area contributed by atoms with Crippen molar-refractivity contribution in [2.24, 2.45) is 5.92 Å². The standard InChI is InChI=1S/C22H23N5O4/c1-15-19(20-23-10-5-11-27(20)25-15)22(30)31-14-18(28)26-12-8-16(9-13-26)21(29)24-17-6-3-2-4-7-17/h2-7,10-11,16H,8-9,12-14H2,1H3,(H,24,29). The Morgan fingerprint density at radius 2 is 1.87 bits per heavy atom. The molecule has 4 rings (SSSR count). The summed E-state index contributed by atoms with van der Waals surface area (Å²) >= 11 is 0. The molecular formula is C22H23N5O4. The van der Waals surface area contributed by atoms with Crippen molar-refractivity contribution in [3.05, 3.63) is 60.0 Å². The molecule has 9 nitrogen and oxygen atoms in total. The largest absolute Gasteiger partial charge is 0.452 e. The summed E-state index contributed by atoms with van der Waals surface area (Å²) in [5.74, 6) is -1.10. The Balaban J connectivity index is 1.28. The molecule has 1 fully saturated rings. The van der Waals surface area contributed by atoms with Crippen molar-refractivity contribution in [2.45, 2.75) is 19.8 Å². The molecule has 2 amide bonds. The third kappa shape index (κ3) is 4.55. The molecule has 2 aromatic heterocycles. The van der Waals surface area contributed by atoms with Crippen molar-refractivity contribution >= 4 is 29.1 Å². The third-order valence-corrected chi connectivity index (χ3v) is 5.36. The third-order valence-electron chi connectivity index (χ3n) is 5.36. The number of anilines is 1. The van der Waals surface area contributed by atoms with Crippen LogP contribution in [0.25, 0.3) is 5.65 Å². The summed E-state index contributed by atoms with van der Waals surface area (Å²) in [6, 6.07) is 11.0. The molecule has 3 heterocycles. The fraction of sp³-hybridized carbons (Fsp3) is 0.318. The number of likely N-dealkylation sites (tertiary alicyclic amines) is 1. The summed E-state index contributed by atoms with van der Waals surface area (Å²) in [6.07, 6.45) is 4.39. The van der Waals surface area contributed by atoms with Crippen LogP contribution in [-0.4, -0.2) is 57.0 Å². The zero-order valence-electron chi connectivity index (χ0n) is 17.2. The summed E-state index contributed by atoms with van der Waals surface area (Å²) in [6.45, 7) is 2.23. The maximum Gasteiger partial charge on any atom is 0.344 e. The van der Waals surface area contributed by atoms with E-state index in [2.05, 4.69) is 15.4 Å². The smallest absolute Gasteiger partial charge is 0.344 e. The summed E-state index contributed by atoms with van der Waals surface area (Å²) in [4.78, 5) is 43.2. The Kier molecular flexibility index (Phi) is 5.92. The molecule has 0 radical (unpaired) electrons. The molecule has 0 bridgehead atoms. The van der Waals surface area contributed by atoms with Gasteiger partial charge in [-0.15, -0.1) is 0 Å². The zero-order chi connectivity index (χ0) is 21.8. The average Bonchev–Trinajstić information content (AvgIpc) is 3.13. The first kappa shape index (κ1) is 20.5. The number of aromatic nitrogens is 3. The fourth-order valence-corrected chi connectivity index (χ4v) is 3.68. The molecule has 1 aliphatic heterocycles. The normalized spacial score (nSPS) is 14.4. The second kappa shape index (κ2) is 8.95. The van der Waals surface area contributed by atoms with Gasteiger partial charge in [0.1, 0.15) is 5.56 Å². The van der Waals surface area contributed by atoms with E-state index in [0.29, 0.717) is 37.3 Å². The number of aryl methyl sites for hydroxylation is 1. The van der Waals surface area contributed by atoms with E-state index in [1.165, 1.54) is 4.52 Å². The van der Waals surface area contributed by atoms with Gasteiger partial charge in [-0.2, -0.15) is 5.10 Å². The monoisotopic (exact) mass is 421 g/mol. The van der Waals surface area contributed by atoms with Crippen LogP contribution in [0.5, 0.6) is 0 Å². The maximum atomic E-state index is 12.5. The number of rotatable bonds is 5. The molecule has 9 heteroatoms. The van der Waals surface area contributed by atoms with Crippen LogP contribution in [0.4, 0.5) is 5.69 Å². The van der Waals surface area contributed by atoms with Gasteiger partial charge in [0, 0.05) is 37.1 Å². The van der Waals surface area contributed by atoms with Crippen LogP contribution in [0.2, 0.25) is 0 Å². The second-order valence-electron chi connectivity index (χ2n) is 7.43. The number of para-hydroxylation sites is 1. The number of ether oxygens (including phenoxy) is 1. The molecule has 0 aliphatic carbocycles. The summed E-state index contributed by atoms with van der Waals surface area (Å²) < 4.78 is 6.74. The predicted molar refractivity (Wildman–Crippen MR) is 112 cm³/mol. The van der Waals surface area contributed by atoms with E-state index in [0.717, 1.165) is 5.69 Å². The minimum Gasteiger partial charge on any atom is -0.452 e. The minimum atomic E-state index is -0.628. The van der Waals surface area contributed by atoms with Crippen LogP contribution in [0, 0.1) is 12.8 Å². The fourth-order valence-electron chi connectivity index (χ4n) is 3.68. The second-order valence-corrected chi connectivity index (χ2v) is 7.43. The first-order chi connectivity index (χ1) is 15.0. The van der Waals surface area contributed by atoms with E-state index < -0.39 is 5.97 Å². The first-order valence-electron chi connectivity index (χ1n) is 10.1. The Hall–Kier alpha value is -3.75. The zero-order valence-corrected chi connectivity index (χ0v) is 17.2. The minimum absolute atomic E-state index is 0.0409. The highest BCUT2D eigenvalue weighted by Gasteiger charge is 2.28. The summed E-state index contributed by atoms with van der Waals surface area (Å²) in [5, 5.41) is 7.13. The SMILES string of the molecule is Cc1nn2cccnc2c1C(=O)OCC(=O)N1CCC(C(=O)Nc2ccccc2)CC1. The lowest BCUT2D eigenvalue weighted by atomic mass is 9.95. The number of carbonyl (C=O) groups excluding carboxylic acids is 3. The molecule has 0 spiro atoms. The van der Waals surface area contributed by atoms with Gasteiger partial charge in [-0.05, 0) is 38.0 Å². The van der Waals surface area contributed by atoms with Gasteiger partial charge in [0.25, 0.3) is 5.91 Å². The molecule has 1 N–H and O–H groups in total. The topological polar surface area (TPSA) is 106 Å². The Labute approximate surface area is 179 Å². The lowest BCUT2D eigenvalue weighted by Gasteiger charge is -2.31. The number of amides is 2. The number of benzene rings is 1. The number of fused-ring (bicyclic) bond motifs is 1. The number of nitrogens with zero attached hydrogens (tertiary/aromatic N) is 4. The Morgan fingerprint density at radius 3 is 2.61 bits per heavy atom. The van der Waals surface area contributed by atoms with Crippen LogP contribution in [0.3, 0.4) is 0 Å². The van der Waals surface area contributed by atoms with Gasteiger partial charge in [-0.25, -0.2) is 14.3 Å². The highest BCUT2D eigenvalue weighted by atomic mass is 16.5. The first-order valence-corrected chi connectivity index (χ1v) is 10.1. The van der Waals surface area contributed by atoms with Gasteiger partial charge in [0.05, 0.1) is 5.69 Å². The van der Waals surface area contributed by atoms with Gasteiger partial charge in [-0.1, -0.05) is 18.2 Å². The molecular weight excluding hydrogens is 398 g/mol. The number of nitrogens with one attached hydrogen (secondary N) is 1. The highest BCUT2D eigenvalue weighted by Crippen LogP contribution is 2.20. The van der Waals surface area contributed by atoms with Crippen molar-refractivity contribution in [1.82, 2.24) is 19.5 Å². The van der Waals surface area contributed by atoms with Crippen molar-refractivity contribution < 1.29 is 19.1 Å². The average molecular weight is 421 g/mol. The summed E-state index contributed by atoms with van der Waals surface area (Å²) in [5.41, 5.74) is 1.89. The number of hydrogen-bond acceptors (Lipinski definition) is 6. The van der Waals surface area contributed by atoms with Crippen molar-refractivity contribution in [1.29, 1.82) is 0 Å². The van der Waals surface area contributed by atoms with Gasteiger partial charge in [-0.3, -0.25) is 9.59 Å². The van der Waals surface area contributed by atoms with E-state index in [1.54, 1.807) is 30.3 Å². The molecule has 0 saturated carbocycles. The van der Waals surface area contributed by atoms with E-state index >= 15 is 0 Å². The van der Waals surface area contributed by atoms with Gasteiger partial charge in [0.15, 0.2) is 12.3 Å². The van der Waals surface area contributed by atoms with Crippen LogP contribution < -0.4 is 5.32 Å². The number of carbonyl (C=O) groups is 3. The number of piperidine rings is 1. The van der Waals surface area contributed by atoms with Gasteiger partial charge >= 0.3 is 5.97 Å². The van der Waals surface area contributed by atoms with E-state index in [1.807, 2.05) is 30.3 Å². The molecule has 3 aromatic rings. The lowest BCUT2D eigenvalue weighted by Crippen LogP contribution is -2.43. The maximum absolute atomic E-state index is 12.5. The highest BCUT2D eigenvalue weighted by molar-refractivity contribution is 5.98. The van der Waals surface area contributed by atoms with E-state index in [9.17, 15) is 14.4 Å². The van der Waals surface area contributed by atoms with Crippen LogP contribution in [-0.2, 0) is 14.3 Å². The van der Waals surface area contributed by atoms with Crippen LogP contribution in [0.15, 0.2) is 48.8 Å². The lowest BCUT2D eigenvalue weighted by molar-refractivity contribution is -0.137. The van der Waals surface area contributed by atoms with Gasteiger partial charge < -0.3 is 15.0 Å². The van der Waals surface area contributed by atoms with E-state index in [-0.39, 0.29) is 29.9 Å². The molecule has 31 heavy (non-hydrogen) atoms. The van der Waals surface area contributed by atoms with Crippen molar-refractivity contribution in [2.75, 3.05) is 25.0 Å². The molecule has 1 aliphatic rings. The van der Waals surface area contributed by atoms with Crippen molar-refractivity contribution in [3.8, 4) is 0 Å². The number of esters is 1. The molecule has 0 unspecified atom stereocenters. The van der Waals surface area contributed by atoms with Crippen LogP contribution in [0.1, 0.15) is 28.9 Å². The van der Waals surface area contributed by atoms with Crippen molar-refractivity contribution in [3.63, 3.8) is 0 Å². The predicted octanol–water partition coefficient (Wildman–Crippen LogP) is 2.07. The Morgan fingerprint density at radius 1 is 1.13 bits per heavy atom. The van der Waals surface area contributed by atoms with Crippen LogP contribution >= 0.6 is 0 Å². The molecule has 160 valence electrons. The number of hydrogen-bond donors (Lipinski definition) is 1. The van der Waals surface area contributed by atoms with Gasteiger partial charge in [0.2, 0.25) is 5.91 Å². The summed E-state index contributed by atoms with van der Waals surface area (Å²) in [7, 11) is 0. The Bertz CT molecular complexity index is 1100. The molecule has 0 atom stereocenters. The molecule has 1 saturated heterocycles. The molecule has 1 aromatic carbocycles. The quantitative estimate of drug-likeness (QED) is 0.632.